The van der Waals surface area contributed by atoms with Crippen molar-refractivity contribution in [2.75, 3.05) is 13.7 Å². The molecule has 0 saturated heterocycles. The molecule has 0 radical (unpaired) electrons. The molecule has 1 heterocycles. The number of hydrogen-bond donors (Lipinski definition) is 0. The number of rotatable bonds is 8. The van der Waals surface area contributed by atoms with Crippen LogP contribution in [0.15, 0.2) is 46.9 Å². The molecule has 0 aliphatic carbocycles. The fraction of sp³-hybridized carbons (Fsp3) is 0.250. The van der Waals surface area contributed by atoms with Crippen LogP contribution in [0.5, 0.6) is 11.5 Å². The van der Waals surface area contributed by atoms with Crippen molar-refractivity contribution >= 4 is 17.6 Å². The fourth-order valence-electron chi connectivity index (χ4n) is 2.40. The van der Waals surface area contributed by atoms with Gasteiger partial charge in [-0.2, -0.15) is 0 Å². The van der Waals surface area contributed by atoms with Crippen molar-refractivity contribution in [2.24, 2.45) is 0 Å². The van der Waals surface area contributed by atoms with Gasteiger partial charge in [0, 0.05) is 5.56 Å². The van der Waals surface area contributed by atoms with Crippen molar-refractivity contribution < 1.29 is 23.4 Å². The lowest BCUT2D eigenvalue weighted by Crippen LogP contribution is -2.07. The Labute approximate surface area is 167 Å². The molecule has 0 bridgehead atoms. The minimum atomic E-state index is -0.596. The summed E-state index contributed by atoms with van der Waals surface area (Å²) in [5.41, 5.74) is 1.01. The van der Waals surface area contributed by atoms with Gasteiger partial charge in [-0.1, -0.05) is 36.7 Å². The monoisotopic (exact) mass is 402 g/mol. The summed E-state index contributed by atoms with van der Waals surface area (Å²) < 4.78 is 21.6. The third-order valence-electron chi connectivity index (χ3n) is 3.73. The number of aromatic nitrogens is 2. The third-order valence-corrected chi connectivity index (χ3v) is 4.01. The molecule has 1 aromatic heterocycles. The molecule has 0 amide bonds. The lowest BCUT2D eigenvalue weighted by molar-refractivity contribution is 0.0438. The van der Waals surface area contributed by atoms with Gasteiger partial charge in [0.2, 0.25) is 5.89 Å². The topological polar surface area (TPSA) is 83.7 Å². The van der Waals surface area contributed by atoms with Crippen LogP contribution >= 0.6 is 11.6 Å². The van der Waals surface area contributed by atoms with Crippen LogP contribution in [-0.2, 0) is 11.3 Å². The SMILES string of the molecule is CCCOc1c(Cl)cc(C(=O)OCc2nnc(-c3ccccc3)o2)cc1OC. The Hall–Kier alpha value is -3.06. The molecule has 0 unspecified atom stereocenters. The summed E-state index contributed by atoms with van der Waals surface area (Å²) in [6, 6.07) is 12.3. The van der Waals surface area contributed by atoms with E-state index in [0.29, 0.717) is 24.0 Å². The standard InChI is InChI=1S/C20H19ClN2O5/c1-3-9-26-18-15(21)10-14(11-16(18)25-2)20(24)27-12-17-22-23-19(28-17)13-7-5-4-6-8-13/h4-8,10-11H,3,9,12H2,1-2H3. The predicted octanol–water partition coefficient (Wildman–Crippen LogP) is 4.54. The summed E-state index contributed by atoms with van der Waals surface area (Å²) in [5, 5.41) is 8.11. The summed E-state index contributed by atoms with van der Waals surface area (Å²) >= 11 is 6.23. The first-order valence-electron chi connectivity index (χ1n) is 8.67. The lowest BCUT2D eigenvalue weighted by Gasteiger charge is -2.13. The van der Waals surface area contributed by atoms with Crippen LogP contribution in [0, 0.1) is 0 Å². The predicted molar refractivity (Wildman–Crippen MR) is 103 cm³/mol. The van der Waals surface area contributed by atoms with E-state index in [1.54, 1.807) is 0 Å². The van der Waals surface area contributed by atoms with Crippen LogP contribution in [0.25, 0.3) is 11.5 Å². The number of benzene rings is 2. The Morgan fingerprint density at radius 1 is 1.18 bits per heavy atom. The van der Waals surface area contributed by atoms with Gasteiger partial charge >= 0.3 is 5.97 Å². The smallest absolute Gasteiger partial charge is 0.338 e. The summed E-state index contributed by atoms with van der Waals surface area (Å²) in [4.78, 5) is 12.4. The van der Waals surface area contributed by atoms with Crippen molar-refractivity contribution in [3.8, 4) is 23.0 Å². The molecular weight excluding hydrogens is 384 g/mol. The van der Waals surface area contributed by atoms with Crippen molar-refractivity contribution in [3.05, 3.63) is 58.9 Å². The summed E-state index contributed by atoms with van der Waals surface area (Å²) in [7, 11) is 1.48. The van der Waals surface area contributed by atoms with Gasteiger partial charge in [0.1, 0.15) is 0 Å². The summed E-state index contributed by atoms with van der Waals surface area (Å²) in [6.45, 7) is 2.31. The van der Waals surface area contributed by atoms with E-state index in [4.69, 9.17) is 30.2 Å². The number of methoxy groups -OCH3 is 1. The van der Waals surface area contributed by atoms with Crippen molar-refractivity contribution in [1.82, 2.24) is 10.2 Å². The normalized spacial score (nSPS) is 10.5. The molecular formula is C20H19ClN2O5. The molecule has 8 heteroatoms. The minimum Gasteiger partial charge on any atom is -0.493 e. The molecule has 28 heavy (non-hydrogen) atoms. The van der Waals surface area contributed by atoms with Gasteiger partial charge < -0.3 is 18.6 Å². The number of ether oxygens (including phenoxy) is 3. The molecule has 0 fully saturated rings. The first-order valence-corrected chi connectivity index (χ1v) is 9.05. The zero-order valence-corrected chi connectivity index (χ0v) is 16.2. The Kier molecular flexibility index (Phi) is 6.49. The quantitative estimate of drug-likeness (QED) is 0.511. The number of nitrogens with zero attached hydrogens (tertiary/aromatic N) is 2. The Bertz CT molecular complexity index is 943. The van der Waals surface area contributed by atoms with Crippen molar-refractivity contribution in [1.29, 1.82) is 0 Å². The molecule has 3 rings (SSSR count). The number of halogens is 1. The summed E-state index contributed by atoms with van der Waals surface area (Å²) in [5.74, 6) is 0.702. The molecule has 146 valence electrons. The van der Waals surface area contributed by atoms with Crippen LogP contribution in [0.4, 0.5) is 0 Å². The Morgan fingerprint density at radius 2 is 1.96 bits per heavy atom. The van der Waals surface area contributed by atoms with E-state index in [1.807, 2.05) is 37.3 Å². The Morgan fingerprint density at radius 3 is 2.68 bits per heavy atom. The number of esters is 1. The van der Waals surface area contributed by atoms with E-state index in [0.717, 1.165) is 12.0 Å². The van der Waals surface area contributed by atoms with E-state index in [1.165, 1.54) is 19.2 Å². The second-order valence-corrected chi connectivity index (χ2v) is 6.19. The van der Waals surface area contributed by atoms with Gasteiger partial charge in [-0.25, -0.2) is 4.79 Å². The molecule has 0 aliphatic heterocycles. The molecule has 0 atom stereocenters. The van der Waals surface area contributed by atoms with Gasteiger partial charge in [-0.05, 0) is 30.7 Å². The molecule has 0 saturated carbocycles. The largest absolute Gasteiger partial charge is 0.493 e. The summed E-state index contributed by atoms with van der Waals surface area (Å²) in [6.07, 6.45) is 0.818. The first kappa shape index (κ1) is 19.7. The number of carbonyl (C=O) groups is 1. The molecule has 0 spiro atoms. The van der Waals surface area contributed by atoms with Crippen molar-refractivity contribution in [3.63, 3.8) is 0 Å². The minimum absolute atomic E-state index is 0.160. The van der Waals surface area contributed by atoms with Gasteiger partial charge in [0.15, 0.2) is 18.1 Å². The van der Waals surface area contributed by atoms with Crippen LogP contribution < -0.4 is 9.47 Å². The van der Waals surface area contributed by atoms with Crippen molar-refractivity contribution in [2.45, 2.75) is 20.0 Å². The fourth-order valence-corrected chi connectivity index (χ4v) is 2.67. The van der Waals surface area contributed by atoms with E-state index in [9.17, 15) is 4.79 Å². The van der Waals surface area contributed by atoms with Crippen LogP contribution in [0.3, 0.4) is 0 Å². The second kappa shape index (κ2) is 9.23. The van der Waals surface area contributed by atoms with E-state index >= 15 is 0 Å². The highest BCUT2D eigenvalue weighted by molar-refractivity contribution is 6.32. The molecule has 2 aromatic carbocycles. The maximum atomic E-state index is 12.4. The van der Waals surface area contributed by atoms with Gasteiger partial charge in [-0.15, -0.1) is 10.2 Å². The molecule has 0 N–H and O–H groups in total. The highest BCUT2D eigenvalue weighted by atomic mass is 35.5. The molecule has 3 aromatic rings. The Balaban J connectivity index is 1.68. The lowest BCUT2D eigenvalue weighted by atomic mass is 10.2. The maximum absolute atomic E-state index is 12.4. The first-order chi connectivity index (χ1) is 13.6. The average molecular weight is 403 g/mol. The second-order valence-electron chi connectivity index (χ2n) is 5.78. The van der Waals surface area contributed by atoms with Gasteiger partial charge in [0.25, 0.3) is 5.89 Å². The van der Waals surface area contributed by atoms with E-state index in [-0.39, 0.29) is 23.1 Å². The zero-order valence-electron chi connectivity index (χ0n) is 15.5. The van der Waals surface area contributed by atoms with E-state index < -0.39 is 5.97 Å². The van der Waals surface area contributed by atoms with Gasteiger partial charge in [-0.3, -0.25) is 0 Å². The third kappa shape index (κ3) is 4.61. The van der Waals surface area contributed by atoms with Crippen LogP contribution in [-0.4, -0.2) is 29.9 Å². The highest BCUT2D eigenvalue weighted by Crippen LogP contribution is 2.36. The maximum Gasteiger partial charge on any atom is 0.338 e. The van der Waals surface area contributed by atoms with Crippen LogP contribution in [0.1, 0.15) is 29.6 Å². The zero-order chi connectivity index (χ0) is 19.9. The van der Waals surface area contributed by atoms with E-state index in [2.05, 4.69) is 10.2 Å². The number of hydrogen-bond acceptors (Lipinski definition) is 7. The average Bonchev–Trinajstić information content (AvgIpc) is 3.20. The van der Waals surface area contributed by atoms with Gasteiger partial charge in [0.05, 0.1) is 24.3 Å². The van der Waals surface area contributed by atoms with Crippen LogP contribution in [0.2, 0.25) is 5.02 Å². The number of carbonyl (C=O) groups excluding carboxylic acids is 1. The molecule has 7 nitrogen and oxygen atoms in total. The highest BCUT2D eigenvalue weighted by Gasteiger charge is 2.18. The molecule has 0 aliphatic rings.